The molecule has 0 spiro atoms. The number of nitrogens with zero attached hydrogens (tertiary/aromatic N) is 9. The van der Waals surface area contributed by atoms with Crippen LogP contribution < -0.4 is 28.4 Å². The van der Waals surface area contributed by atoms with Gasteiger partial charge in [0.1, 0.15) is 34.5 Å². The van der Waals surface area contributed by atoms with Crippen molar-refractivity contribution in [2.75, 3.05) is 39.6 Å². The molecule has 7 rings (SSSR count). The Hall–Kier alpha value is -6.12. The zero-order valence-electron chi connectivity index (χ0n) is 71.8. The Labute approximate surface area is 675 Å². The van der Waals surface area contributed by atoms with Crippen molar-refractivity contribution in [1.82, 2.24) is 43.8 Å². The average molecular weight is 1540 g/mol. The van der Waals surface area contributed by atoms with E-state index < -0.39 is 0 Å². The molecule has 15 heteroatoms. The van der Waals surface area contributed by atoms with Crippen LogP contribution in [-0.2, 0) is 0 Å². The van der Waals surface area contributed by atoms with Crippen molar-refractivity contribution < 1.29 is 28.4 Å². The van der Waals surface area contributed by atoms with Crippen molar-refractivity contribution >= 4 is 17.3 Å². The largest absolute Gasteiger partial charge is 0.493 e. The molecule has 0 aliphatic carbocycles. The van der Waals surface area contributed by atoms with Gasteiger partial charge >= 0.3 is 0 Å². The molecule has 0 radical (unpaired) electrons. The van der Waals surface area contributed by atoms with Crippen molar-refractivity contribution in [3.63, 3.8) is 0 Å². The number of benzene rings is 3. The maximum atomic E-state index is 6.75. The fourth-order valence-electron chi connectivity index (χ4n) is 15.7. The summed E-state index contributed by atoms with van der Waals surface area (Å²) in [7, 11) is 0. The van der Waals surface area contributed by atoms with Crippen molar-refractivity contribution in [3.05, 3.63) is 54.6 Å². The maximum absolute atomic E-state index is 6.75. The molecule has 0 saturated heterocycles. The van der Waals surface area contributed by atoms with Gasteiger partial charge in [0, 0.05) is 34.9 Å². The Morgan fingerprint density at radius 2 is 0.306 bits per heavy atom. The highest BCUT2D eigenvalue weighted by Crippen LogP contribution is 2.37. The van der Waals surface area contributed by atoms with Crippen LogP contribution in [0.3, 0.4) is 0 Å². The minimum Gasteiger partial charge on any atom is -0.493 e. The molecule has 3 aromatic carbocycles. The van der Waals surface area contributed by atoms with Gasteiger partial charge in [0.2, 0.25) is 17.3 Å². The second kappa shape index (κ2) is 60.4. The predicted octanol–water partition coefficient (Wildman–Crippen LogP) is 29.6. The Bertz CT molecular complexity index is 2920. The van der Waals surface area contributed by atoms with Crippen LogP contribution in [0.25, 0.3) is 51.5 Å². The SMILES string of the molecule is CCCCCCCCCCCCOc1cc(OCCCCCCCCCCCC)cc(-c2nnc3n2c2nnc(-c4cc(OCCCCCCCCCCCC)cc(OCCCCCCCCCCCC)c4)n2c2nnc(-c4cc(OCCCCCCCCCCCC)cc(OCCCCCCCCCCCC)c4)n32)c1. The normalized spacial score (nSPS) is 11.7. The van der Waals surface area contributed by atoms with Gasteiger partial charge < -0.3 is 28.4 Å². The van der Waals surface area contributed by atoms with Crippen molar-refractivity contribution in [3.8, 4) is 68.7 Å². The number of ether oxygens (including phenoxy) is 6. The fraction of sp³-hybridized carbons (Fsp3) is 0.750. The minimum absolute atomic E-state index is 0.481. The molecular weight excluding hydrogens is 1380 g/mol. The molecule has 15 nitrogen and oxygen atoms in total. The molecule has 4 heterocycles. The van der Waals surface area contributed by atoms with Gasteiger partial charge in [0.05, 0.1) is 39.6 Å². The smallest absolute Gasteiger partial charge is 0.247 e. The Kier molecular flexibility index (Phi) is 50.1. The van der Waals surface area contributed by atoms with Crippen LogP contribution in [0.15, 0.2) is 54.6 Å². The van der Waals surface area contributed by atoms with E-state index in [4.69, 9.17) is 59.0 Å². The summed E-state index contributed by atoms with van der Waals surface area (Å²) < 4.78 is 46.5. The van der Waals surface area contributed by atoms with E-state index in [0.29, 0.717) is 74.4 Å². The third-order valence-electron chi connectivity index (χ3n) is 22.6. The molecule has 7 aromatic rings. The van der Waals surface area contributed by atoms with Gasteiger partial charge in [-0.05, 0) is 74.9 Å². The summed E-state index contributed by atoms with van der Waals surface area (Å²) in [6, 6.07) is 18.7. The van der Waals surface area contributed by atoms with E-state index in [2.05, 4.69) is 96.1 Å². The minimum atomic E-state index is 0.481. The van der Waals surface area contributed by atoms with Crippen LogP contribution in [0.4, 0.5) is 0 Å². The second-order valence-electron chi connectivity index (χ2n) is 32.7. The molecule has 0 amide bonds. The fourth-order valence-corrected chi connectivity index (χ4v) is 15.7. The first-order valence-corrected chi connectivity index (χ1v) is 47.1. The van der Waals surface area contributed by atoms with Crippen LogP contribution in [0.1, 0.15) is 427 Å². The van der Waals surface area contributed by atoms with Gasteiger partial charge in [-0.1, -0.05) is 388 Å². The van der Waals surface area contributed by atoms with Gasteiger partial charge in [0.25, 0.3) is 0 Å². The summed E-state index contributed by atoms with van der Waals surface area (Å²) in [5.41, 5.74) is 2.37. The Balaban J connectivity index is 1.26. The van der Waals surface area contributed by atoms with Crippen LogP contribution >= 0.6 is 0 Å². The highest BCUT2D eigenvalue weighted by Gasteiger charge is 2.27. The van der Waals surface area contributed by atoms with Crippen LogP contribution in [-0.4, -0.2) is 83.4 Å². The molecule has 0 atom stereocenters. The molecule has 0 bridgehead atoms. The van der Waals surface area contributed by atoms with E-state index in [1.165, 1.54) is 308 Å². The molecular formula is C96H159N9O6. The zero-order chi connectivity index (χ0) is 77.9. The first kappa shape index (κ1) is 92.1. The van der Waals surface area contributed by atoms with E-state index in [1.54, 1.807) is 0 Å². The molecule has 111 heavy (non-hydrogen) atoms. The number of fused-ring (bicyclic) bond motifs is 6. The summed E-state index contributed by atoms with van der Waals surface area (Å²) in [6.45, 7) is 17.4. The summed E-state index contributed by atoms with van der Waals surface area (Å²) in [5, 5.41) is 30.8. The number of aromatic nitrogens is 9. The van der Waals surface area contributed by atoms with Crippen LogP contribution in [0.2, 0.25) is 0 Å². The molecule has 0 fully saturated rings. The monoisotopic (exact) mass is 1530 g/mol. The first-order valence-electron chi connectivity index (χ1n) is 47.1. The molecule has 0 aliphatic heterocycles. The van der Waals surface area contributed by atoms with Crippen LogP contribution in [0, 0.1) is 0 Å². The molecule has 0 unspecified atom stereocenters. The lowest BCUT2D eigenvalue weighted by Crippen LogP contribution is -2.08. The summed E-state index contributed by atoms with van der Waals surface area (Å²) in [4.78, 5) is 0. The molecule has 0 aliphatic rings. The van der Waals surface area contributed by atoms with Gasteiger partial charge in [-0.2, -0.15) is 0 Å². The van der Waals surface area contributed by atoms with Gasteiger partial charge in [-0.15, -0.1) is 30.6 Å². The average Bonchev–Trinajstić information content (AvgIpc) is 1.56. The topological polar surface area (TPSA) is 146 Å². The first-order chi connectivity index (χ1) is 55.0. The number of hydrogen-bond donors (Lipinski definition) is 0. The van der Waals surface area contributed by atoms with Gasteiger partial charge in [-0.25, -0.2) is 13.2 Å². The Morgan fingerprint density at radius 3 is 0.450 bits per heavy atom. The third-order valence-corrected chi connectivity index (χ3v) is 22.6. The Morgan fingerprint density at radius 1 is 0.171 bits per heavy atom. The predicted molar refractivity (Wildman–Crippen MR) is 466 cm³/mol. The molecule has 0 saturated carbocycles. The second-order valence-corrected chi connectivity index (χ2v) is 32.7. The van der Waals surface area contributed by atoms with E-state index in [-0.39, 0.29) is 0 Å². The molecule has 624 valence electrons. The number of rotatable bonds is 75. The van der Waals surface area contributed by atoms with E-state index >= 15 is 0 Å². The van der Waals surface area contributed by atoms with Crippen molar-refractivity contribution in [2.24, 2.45) is 0 Å². The molecule has 4 aromatic heterocycles. The van der Waals surface area contributed by atoms with Crippen molar-refractivity contribution in [2.45, 2.75) is 427 Å². The quantitative estimate of drug-likeness (QED) is 0.0334. The van der Waals surface area contributed by atoms with E-state index in [9.17, 15) is 0 Å². The maximum Gasteiger partial charge on any atom is 0.247 e. The highest BCUT2D eigenvalue weighted by molar-refractivity contribution is 5.74. The number of hydrogen-bond acceptors (Lipinski definition) is 12. The lowest BCUT2D eigenvalue weighted by Gasteiger charge is -2.14. The zero-order valence-corrected chi connectivity index (χ0v) is 71.8. The van der Waals surface area contributed by atoms with E-state index in [0.717, 1.165) is 128 Å². The summed E-state index contributed by atoms with van der Waals surface area (Å²) in [5.74, 6) is 7.56. The highest BCUT2D eigenvalue weighted by atomic mass is 16.5. The lowest BCUT2D eigenvalue weighted by atomic mass is 10.1. The summed E-state index contributed by atoms with van der Waals surface area (Å²) in [6.07, 6.45) is 75.7. The van der Waals surface area contributed by atoms with Crippen molar-refractivity contribution in [1.29, 1.82) is 0 Å². The third kappa shape index (κ3) is 36.9. The van der Waals surface area contributed by atoms with Crippen LogP contribution in [0.5, 0.6) is 34.5 Å². The van der Waals surface area contributed by atoms with Gasteiger partial charge in [-0.3, -0.25) is 0 Å². The standard InChI is InChI=1S/C96H159N9O6/c1-7-13-19-25-31-37-43-49-55-61-67-106-85-73-82(74-86(79-85)107-68-62-56-50-44-38-32-26-20-14-8-2)91-97-100-94-103(91)95-101-98-92(83-75-87(108-69-63-57-51-45-39-33-27-21-15-9-3)80-88(76-83)109-70-64-58-52-46-40-34-28-22-16-10-4)105(95)96-102-99-93(104(94)96)84-77-89(110-71-65-59-53-47-41-35-29-23-17-11-5)81-90(78-84)111-72-66-60-54-48-42-36-30-24-18-12-6/h73-81H,7-72H2,1-6H3. The lowest BCUT2D eigenvalue weighted by molar-refractivity contribution is 0.289. The molecule has 0 N–H and O–H groups in total. The van der Waals surface area contributed by atoms with E-state index in [1.807, 2.05) is 13.2 Å². The summed E-state index contributed by atoms with van der Waals surface area (Å²) >= 11 is 0. The number of unbranched alkanes of at least 4 members (excludes halogenated alkanes) is 54. The van der Waals surface area contributed by atoms with Gasteiger partial charge in [0.15, 0.2) is 17.5 Å².